The normalized spacial score (nSPS) is 10.7. The molecule has 5 nitrogen and oxygen atoms in total. The van der Waals surface area contributed by atoms with E-state index in [4.69, 9.17) is 18.9 Å². The summed E-state index contributed by atoms with van der Waals surface area (Å²) in [6, 6.07) is 8.74. The average molecular weight is 421 g/mol. The maximum atomic E-state index is 12.4. The Morgan fingerprint density at radius 3 is 2.31 bits per heavy atom. The highest BCUT2D eigenvalue weighted by Gasteiger charge is 2.11. The zero-order valence-electron chi connectivity index (χ0n) is 15.2. The van der Waals surface area contributed by atoms with Crippen molar-refractivity contribution >= 4 is 27.8 Å². The maximum absolute atomic E-state index is 12.4. The molecule has 0 spiro atoms. The van der Waals surface area contributed by atoms with Gasteiger partial charge in [-0.05, 0) is 64.8 Å². The van der Waals surface area contributed by atoms with E-state index in [2.05, 4.69) is 15.9 Å². The zero-order valence-corrected chi connectivity index (χ0v) is 16.8. The summed E-state index contributed by atoms with van der Waals surface area (Å²) in [7, 11) is 4.66. The molecule has 0 fully saturated rings. The number of hydrogen-bond acceptors (Lipinski definition) is 5. The van der Waals surface area contributed by atoms with E-state index in [9.17, 15) is 4.79 Å². The van der Waals surface area contributed by atoms with Crippen LogP contribution in [0.15, 0.2) is 40.9 Å². The first-order valence-electron chi connectivity index (χ1n) is 7.98. The molecule has 0 aliphatic heterocycles. The van der Waals surface area contributed by atoms with Crippen molar-refractivity contribution in [2.24, 2.45) is 0 Å². The number of hydrogen-bond donors (Lipinski definition) is 0. The molecular weight excluding hydrogens is 400 g/mol. The van der Waals surface area contributed by atoms with Crippen LogP contribution in [0.25, 0.3) is 6.08 Å². The third-order valence-corrected chi connectivity index (χ3v) is 4.22. The number of rotatable bonds is 8. The van der Waals surface area contributed by atoms with Crippen LogP contribution in [-0.4, -0.2) is 33.7 Å². The molecule has 0 saturated heterocycles. The molecule has 0 amide bonds. The fourth-order valence-electron chi connectivity index (χ4n) is 2.38. The summed E-state index contributed by atoms with van der Waals surface area (Å²) in [6.07, 6.45) is 3.23. The van der Waals surface area contributed by atoms with Crippen molar-refractivity contribution in [3.63, 3.8) is 0 Å². The van der Waals surface area contributed by atoms with Crippen molar-refractivity contribution in [2.45, 2.75) is 6.92 Å². The van der Waals surface area contributed by atoms with Crippen LogP contribution in [-0.2, 0) is 0 Å². The predicted molar refractivity (Wildman–Crippen MR) is 105 cm³/mol. The van der Waals surface area contributed by atoms with Gasteiger partial charge in [-0.2, -0.15) is 0 Å². The van der Waals surface area contributed by atoms with E-state index in [1.807, 2.05) is 19.1 Å². The van der Waals surface area contributed by atoms with Crippen molar-refractivity contribution in [1.82, 2.24) is 0 Å². The van der Waals surface area contributed by atoms with Gasteiger partial charge in [0, 0.05) is 5.56 Å². The first kappa shape index (κ1) is 19.8. The molecule has 6 heteroatoms. The van der Waals surface area contributed by atoms with E-state index < -0.39 is 0 Å². The van der Waals surface area contributed by atoms with Crippen LogP contribution in [0.2, 0.25) is 0 Å². The average Bonchev–Trinajstić information content (AvgIpc) is 2.67. The Bertz CT molecular complexity index is 814. The molecule has 0 unspecified atom stereocenters. The van der Waals surface area contributed by atoms with Gasteiger partial charge in [0.05, 0.1) is 32.4 Å². The number of carbonyl (C=O) groups is 1. The molecule has 0 aliphatic rings. The lowest BCUT2D eigenvalue weighted by Crippen LogP contribution is -1.98. The largest absolute Gasteiger partial charge is 0.493 e. The smallest absolute Gasteiger partial charge is 0.185 e. The number of benzene rings is 2. The Balaban J connectivity index is 2.26. The van der Waals surface area contributed by atoms with E-state index in [0.717, 1.165) is 10.0 Å². The van der Waals surface area contributed by atoms with Crippen LogP contribution in [0, 0.1) is 0 Å². The molecule has 0 saturated carbocycles. The van der Waals surface area contributed by atoms with Crippen LogP contribution in [0.1, 0.15) is 22.8 Å². The SMILES string of the molecule is CCOc1c(Br)cc(C=CC(=O)c2ccc(OC)c(OC)c2)cc1OC. The number of allylic oxidation sites excluding steroid dienone is 1. The first-order chi connectivity index (χ1) is 12.5. The molecule has 0 radical (unpaired) electrons. The Kier molecular flexibility index (Phi) is 7.09. The van der Waals surface area contributed by atoms with Crippen molar-refractivity contribution in [3.05, 3.63) is 52.0 Å². The van der Waals surface area contributed by atoms with Gasteiger partial charge in [-0.3, -0.25) is 4.79 Å². The van der Waals surface area contributed by atoms with Gasteiger partial charge in [-0.15, -0.1) is 0 Å². The molecule has 2 aromatic carbocycles. The quantitative estimate of drug-likeness (QED) is 0.454. The van der Waals surface area contributed by atoms with Gasteiger partial charge in [0.2, 0.25) is 0 Å². The lowest BCUT2D eigenvalue weighted by molar-refractivity contribution is 0.104. The molecule has 0 N–H and O–H groups in total. The minimum Gasteiger partial charge on any atom is -0.493 e. The first-order valence-corrected chi connectivity index (χ1v) is 8.78. The highest BCUT2D eigenvalue weighted by molar-refractivity contribution is 9.10. The van der Waals surface area contributed by atoms with Crippen LogP contribution >= 0.6 is 15.9 Å². The van der Waals surface area contributed by atoms with Crippen LogP contribution in [0.4, 0.5) is 0 Å². The fourth-order valence-corrected chi connectivity index (χ4v) is 2.95. The maximum Gasteiger partial charge on any atom is 0.185 e. The Labute approximate surface area is 161 Å². The number of ether oxygens (including phenoxy) is 4. The van der Waals surface area contributed by atoms with Gasteiger partial charge >= 0.3 is 0 Å². The fraction of sp³-hybridized carbons (Fsp3) is 0.250. The second kappa shape index (κ2) is 9.29. The zero-order chi connectivity index (χ0) is 19.1. The number of carbonyl (C=O) groups excluding carboxylic acids is 1. The lowest BCUT2D eigenvalue weighted by atomic mass is 10.1. The van der Waals surface area contributed by atoms with Gasteiger partial charge in [0.25, 0.3) is 0 Å². The van der Waals surface area contributed by atoms with Crippen molar-refractivity contribution < 1.29 is 23.7 Å². The Morgan fingerprint density at radius 2 is 1.69 bits per heavy atom. The highest BCUT2D eigenvalue weighted by Crippen LogP contribution is 2.37. The van der Waals surface area contributed by atoms with E-state index in [1.165, 1.54) is 13.2 Å². The number of methoxy groups -OCH3 is 3. The van der Waals surface area contributed by atoms with Gasteiger partial charge in [0.1, 0.15) is 0 Å². The van der Waals surface area contributed by atoms with Crippen molar-refractivity contribution in [2.75, 3.05) is 27.9 Å². The van der Waals surface area contributed by atoms with Gasteiger partial charge in [-0.25, -0.2) is 0 Å². The van der Waals surface area contributed by atoms with Crippen LogP contribution in [0.5, 0.6) is 23.0 Å². The van der Waals surface area contributed by atoms with Gasteiger partial charge in [-0.1, -0.05) is 6.08 Å². The minimum absolute atomic E-state index is 0.144. The van der Waals surface area contributed by atoms with Gasteiger partial charge in [0.15, 0.2) is 28.8 Å². The molecular formula is C20H21BrO5. The molecule has 0 atom stereocenters. The number of halogens is 1. The summed E-state index contributed by atoms with van der Waals surface area (Å²) in [5.74, 6) is 2.18. The third-order valence-electron chi connectivity index (χ3n) is 3.64. The van der Waals surface area contributed by atoms with Gasteiger partial charge < -0.3 is 18.9 Å². The molecule has 26 heavy (non-hydrogen) atoms. The number of ketones is 1. The molecule has 0 aliphatic carbocycles. The van der Waals surface area contributed by atoms with Crippen LogP contribution in [0.3, 0.4) is 0 Å². The summed E-state index contributed by atoms with van der Waals surface area (Å²) in [5, 5.41) is 0. The molecule has 2 aromatic rings. The molecule has 2 rings (SSSR count). The molecule has 0 heterocycles. The van der Waals surface area contributed by atoms with E-state index in [-0.39, 0.29) is 5.78 Å². The topological polar surface area (TPSA) is 54.0 Å². The van der Waals surface area contributed by atoms with E-state index >= 15 is 0 Å². The summed E-state index contributed by atoms with van der Waals surface area (Å²) < 4.78 is 22.1. The summed E-state index contributed by atoms with van der Waals surface area (Å²) >= 11 is 3.47. The summed E-state index contributed by atoms with van der Waals surface area (Å²) in [6.45, 7) is 2.43. The highest BCUT2D eigenvalue weighted by atomic mass is 79.9. The predicted octanol–water partition coefficient (Wildman–Crippen LogP) is 4.77. The van der Waals surface area contributed by atoms with Crippen LogP contribution < -0.4 is 18.9 Å². The van der Waals surface area contributed by atoms with Crippen molar-refractivity contribution in [3.8, 4) is 23.0 Å². The summed E-state index contributed by atoms with van der Waals surface area (Å²) in [5.41, 5.74) is 1.32. The monoisotopic (exact) mass is 420 g/mol. The minimum atomic E-state index is -0.144. The third kappa shape index (κ3) is 4.58. The second-order valence-corrected chi connectivity index (χ2v) is 6.09. The second-order valence-electron chi connectivity index (χ2n) is 5.23. The summed E-state index contributed by atoms with van der Waals surface area (Å²) in [4.78, 5) is 12.4. The lowest BCUT2D eigenvalue weighted by Gasteiger charge is -2.12. The Hall–Kier alpha value is -2.47. The van der Waals surface area contributed by atoms with Crippen molar-refractivity contribution in [1.29, 1.82) is 0 Å². The van der Waals surface area contributed by atoms with E-state index in [0.29, 0.717) is 35.2 Å². The molecule has 138 valence electrons. The molecule has 0 bridgehead atoms. The van der Waals surface area contributed by atoms with E-state index in [1.54, 1.807) is 38.5 Å². The molecule has 0 aromatic heterocycles. The standard InChI is InChI=1S/C20H21BrO5/c1-5-26-20-15(21)10-13(11-19(20)25-4)6-8-16(22)14-7-9-17(23-2)18(12-14)24-3/h6-12H,5H2,1-4H3. The Morgan fingerprint density at radius 1 is 1.00 bits per heavy atom.